The number of hydrogen-bond donors (Lipinski definition) is 2. The van der Waals surface area contributed by atoms with Gasteiger partial charge in [-0.25, -0.2) is 0 Å². The van der Waals surface area contributed by atoms with Crippen molar-refractivity contribution in [3.05, 3.63) is 36.4 Å². The number of benzene rings is 2. The van der Waals surface area contributed by atoms with E-state index in [1.807, 2.05) is 20.8 Å². The van der Waals surface area contributed by atoms with E-state index in [4.69, 9.17) is 4.74 Å². The molecule has 1 heterocycles. The zero-order chi connectivity index (χ0) is 16.6. The molecule has 0 saturated carbocycles. The van der Waals surface area contributed by atoms with E-state index >= 15 is 0 Å². The van der Waals surface area contributed by atoms with Crippen LogP contribution in [0.3, 0.4) is 0 Å². The summed E-state index contributed by atoms with van der Waals surface area (Å²) in [7, 11) is 0. The van der Waals surface area contributed by atoms with Gasteiger partial charge in [-0.3, -0.25) is 4.79 Å². The summed E-state index contributed by atoms with van der Waals surface area (Å²) in [6, 6.07) is 12.5. The van der Waals surface area contributed by atoms with Crippen LogP contribution in [-0.2, 0) is 9.53 Å². The topological polar surface area (TPSA) is 50.4 Å². The summed E-state index contributed by atoms with van der Waals surface area (Å²) in [5, 5.41) is 9.43. The highest BCUT2D eigenvalue weighted by Gasteiger charge is 2.31. The van der Waals surface area contributed by atoms with E-state index in [1.165, 1.54) is 10.8 Å². The van der Waals surface area contributed by atoms with Crippen molar-refractivity contribution in [3.8, 4) is 0 Å². The summed E-state index contributed by atoms with van der Waals surface area (Å²) >= 11 is 0. The number of rotatable bonds is 3. The molecule has 1 atom stereocenters. The minimum Gasteiger partial charge on any atom is -0.460 e. The number of hydrogen-bond acceptors (Lipinski definition) is 4. The number of esters is 1. The number of anilines is 2. The van der Waals surface area contributed by atoms with Gasteiger partial charge in [0.2, 0.25) is 0 Å². The smallest absolute Gasteiger partial charge is 0.373 e. The Labute approximate surface area is 137 Å². The minimum absolute atomic E-state index is 0.00279. The third-order valence-electron chi connectivity index (χ3n) is 4.00. The van der Waals surface area contributed by atoms with Crippen molar-refractivity contribution in [2.45, 2.75) is 45.5 Å². The Morgan fingerprint density at radius 2 is 1.70 bits per heavy atom. The summed E-state index contributed by atoms with van der Waals surface area (Å²) < 4.78 is 5.43. The SMILES string of the molecule is CC(CC(=O)OC(C)(C)C)B1Nc2cccc3cccc(c23)N1. The highest BCUT2D eigenvalue weighted by molar-refractivity contribution is 6.69. The number of carbonyl (C=O) groups is 1. The highest BCUT2D eigenvalue weighted by Crippen LogP contribution is 2.36. The maximum absolute atomic E-state index is 12.1. The quantitative estimate of drug-likeness (QED) is 0.656. The molecule has 5 heteroatoms. The van der Waals surface area contributed by atoms with Crippen molar-refractivity contribution in [2.75, 3.05) is 10.5 Å². The van der Waals surface area contributed by atoms with Gasteiger partial charge >= 0.3 is 13.0 Å². The van der Waals surface area contributed by atoms with Crippen molar-refractivity contribution in [3.63, 3.8) is 0 Å². The zero-order valence-electron chi connectivity index (χ0n) is 14.1. The van der Waals surface area contributed by atoms with Crippen LogP contribution in [0, 0.1) is 0 Å². The lowest BCUT2D eigenvalue weighted by atomic mass is 9.60. The van der Waals surface area contributed by atoms with E-state index in [9.17, 15) is 4.79 Å². The normalized spacial score (nSPS) is 14.9. The molecule has 0 bridgehead atoms. The van der Waals surface area contributed by atoms with Crippen LogP contribution in [0.4, 0.5) is 11.4 Å². The lowest BCUT2D eigenvalue weighted by molar-refractivity contribution is -0.154. The van der Waals surface area contributed by atoms with E-state index < -0.39 is 5.60 Å². The van der Waals surface area contributed by atoms with Crippen molar-refractivity contribution < 1.29 is 9.53 Å². The molecular weight excluding hydrogens is 287 g/mol. The first-order valence-corrected chi connectivity index (χ1v) is 8.10. The van der Waals surface area contributed by atoms with Gasteiger partial charge in [-0.1, -0.05) is 31.2 Å². The van der Waals surface area contributed by atoms with Gasteiger partial charge in [0.15, 0.2) is 0 Å². The summed E-state index contributed by atoms with van der Waals surface area (Å²) in [6.45, 7) is 7.74. The van der Waals surface area contributed by atoms with Crippen molar-refractivity contribution in [1.29, 1.82) is 0 Å². The molecule has 1 aliphatic rings. The van der Waals surface area contributed by atoms with E-state index in [0.717, 1.165) is 11.4 Å². The van der Waals surface area contributed by atoms with Crippen LogP contribution in [0.25, 0.3) is 10.8 Å². The molecule has 2 aromatic carbocycles. The third kappa shape index (κ3) is 3.44. The van der Waals surface area contributed by atoms with Crippen LogP contribution in [0.5, 0.6) is 0 Å². The maximum atomic E-state index is 12.1. The molecule has 4 nitrogen and oxygen atoms in total. The third-order valence-corrected chi connectivity index (χ3v) is 4.00. The second-order valence-corrected chi connectivity index (χ2v) is 7.24. The molecule has 0 saturated heterocycles. The molecule has 0 amide bonds. The molecule has 120 valence electrons. The van der Waals surface area contributed by atoms with Crippen molar-refractivity contribution in [2.24, 2.45) is 0 Å². The van der Waals surface area contributed by atoms with E-state index in [2.05, 4.69) is 53.8 Å². The second-order valence-electron chi connectivity index (χ2n) is 7.24. The van der Waals surface area contributed by atoms with Crippen LogP contribution in [-0.4, -0.2) is 18.6 Å². The molecule has 0 aliphatic carbocycles. The molecule has 0 aromatic heterocycles. The zero-order valence-corrected chi connectivity index (χ0v) is 14.1. The van der Waals surface area contributed by atoms with Gasteiger partial charge in [0.05, 0.1) is 0 Å². The van der Waals surface area contributed by atoms with Crippen molar-refractivity contribution in [1.82, 2.24) is 0 Å². The molecule has 0 fully saturated rings. The molecule has 2 aromatic rings. The standard InChI is InChI=1S/C18H23BN2O2/c1-12(11-16(22)23-18(2,3)4)19-20-14-9-5-7-13-8-6-10-15(21-19)17(13)14/h5-10,12,20-21H,11H2,1-4H3. The van der Waals surface area contributed by atoms with Crippen LogP contribution in [0.2, 0.25) is 5.82 Å². The summed E-state index contributed by atoms with van der Waals surface area (Å²) in [5.41, 5.74) is 1.78. The molecule has 3 rings (SSSR count). The fourth-order valence-electron chi connectivity index (χ4n) is 3.00. The van der Waals surface area contributed by atoms with Crippen LogP contribution < -0.4 is 10.5 Å². The predicted octanol–water partition coefficient (Wildman–Crippen LogP) is 4.29. The molecule has 1 unspecified atom stereocenters. The first-order chi connectivity index (χ1) is 10.8. The number of ether oxygens (including phenoxy) is 1. The fourth-order valence-corrected chi connectivity index (χ4v) is 3.00. The highest BCUT2D eigenvalue weighted by atomic mass is 16.6. The van der Waals surface area contributed by atoms with Crippen molar-refractivity contribution >= 4 is 35.1 Å². The van der Waals surface area contributed by atoms with Gasteiger partial charge < -0.3 is 15.2 Å². The molecule has 0 spiro atoms. The van der Waals surface area contributed by atoms with Crippen LogP contribution in [0.1, 0.15) is 34.1 Å². The van der Waals surface area contributed by atoms with Gasteiger partial charge in [-0.05, 0) is 44.1 Å². The summed E-state index contributed by atoms with van der Waals surface area (Å²) in [6.07, 6.45) is 0.375. The lowest BCUT2D eigenvalue weighted by Crippen LogP contribution is -2.41. The minimum atomic E-state index is -0.442. The first kappa shape index (κ1) is 15.7. The van der Waals surface area contributed by atoms with E-state index in [-0.39, 0.29) is 18.8 Å². The number of nitrogens with one attached hydrogen (secondary N) is 2. The largest absolute Gasteiger partial charge is 0.460 e. The van der Waals surface area contributed by atoms with Gasteiger partial charge in [0, 0.05) is 23.2 Å². The summed E-state index contributed by atoms with van der Waals surface area (Å²) in [4.78, 5) is 12.1. The fraction of sp³-hybridized carbons (Fsp3) is 0.389. The molecule has 23 heavy (non-hydrogen) atoms. The van der Waals surface area contributed by atoms with E-state index in [0.29, 0.717) is 6.42 Å². The Balaban J connectivity index is 1.75. The van der Waals surface area contributed by atoms with Gasteiger partial charge in [0.1, 0.15) is 5.60 Å². The Hall–Kier alpha value is -2.17. The lowest BCUT2D eigenvalue weighted by Gasteiger charge is -2.30. The monoisotopic (exact) mass is 310 g/mol. The maximum Gasteiger partial charge on any atom is 0.373 e. The second kappa shape index (κ2) is 5.80. The van der Waals surface area contributed by atoms with Gasteiger partial charge in [-0.15, -0.1) is 0 Å². The Kier molecular flexibility index (Phi) is 3.96. The molecular formula is C18H23BN2O2. The van der Waals surface area contributed by atoms with Crippen LogP contribution in [0.15, 0.2) is 36.4 Å². The Morgan fingerprint density at radius 3 is 2.22 bits per heavy atom. The first-order valence-electron chi connectivity index (χ1n) is 8.10. The Morgan fingerprint density at radius 1 is 1.13 bits per heavy atom. The van der Waals surface area contributed by atoms with E-state index in [1.54, 1.807) is 0 Å². The molecule has 0 radical (unpaired) electrons. The Bertz CT molecular complexity index is 699. The average Bonchev–Trinajstić information content (AvgIpc) is 2.45. The predicted molar refractivity (Wildman–Crippen MR) is 96.8 cm³/mol. The number of carbonyl (C=O) groups excluding carboxylic acids is 1. The molecule has 1 aliphatic heterocycles. The average molecular weight is 310 g/mol. The van der Waals surface area contributed by atoms with Gasteiger partial charge in [-0.2, -0.15) is 0 Å². The summed E-state index contributed by atoms with van der Waals surface area (Å²) in [5.74, 6) is -0.0564. The van der Waals surface area contributed by atoms with Crippen LogP contribution >= 0.6 is 0 Å². The molecule has 2 N–H and O–H groups in total. The van der Waals surface area contributed by atoms with Gasteiger partial charge in [0.25, 0.3) is 0 Å².